The van der Waals surface area contributed by atoms with Crippen LogP contribution in [0.4, 0.5) is 0 Å². The molecule has 0 atom stereocenters. The van der Waals surface area contributed by atoms with Gasteiger partial charge in [-0.25, -0.2) is 0 Å². The Labute approximate surface area is 115 Å². The number of aromatic nitrogens is 5. The molecule has 0 unspecified atom stereocenters. The lowest BCUT2D eigenvalue weighted by molar-refractivity contribution is 0.385. The summed E-state index contributed by atoms with van der Waals surface area (Å²) in [6, 6.07) is 0.518. The number of hydrogen-bond acceptors (Lipinski definition) is 7. The Morgan fingerprint density at radius 2 is 2.26 bits per heavy atom. The van der Waals surface area contributed by atoms with Crippen molar-refractivity contribution in [2.75, 3.05) is 0 Å². The second-order valence-corrected chi connectivity index (χ2v) is 5.39. The topological polar surface area (TPSA) is 95.6 Å². The van der Waals surface area contributed by atoms with Gasteiger partial charge in [-0.2, -0.15) is 4.98 Å². The van der Waals surface area contributed by atoms with Crippen molar-refractivity contribution in [3.63, 3.8) is 0 Å². The van der Waals surface area contributed by atoms with E-state index in [1.54, 1.807) is 11.8 Å². The minimum Gasteiger partial charge on any atom is -0.338 e. The van der Waals surface area contributed by atoms with Gasteiger partial charge in [-0.15, -0.1) is 10.2 Å². The summed E-state index contributed by atoms with van der Waals surface area (Å²) >= 11 is 1.57. The van der Waals surface area contributed by atoms with Gasteiger partial charge in [-0.05, 0) is 12.8 Å². The van der Waals surface area contributed by atoms with Crippen molar-refractivity contribution in [3.8, 4) is 0 Å². The van der Waals surface area contributed by atoms with E-state index >= 15 is 0 Å². The fourth-order valence-electron chi connectivity index (χ4n) is 1.86. The maximum absolute atomic E-state index is 5.68. The summed E-state index contributed by atoms with van der Waals surface area (Å²) < 4.78 is 7.30. The summed E-state index contributed by atoms with van der Waals surface area (Å²) in [7, 11) is 0. The molecule has 0 spiro atoms. The minimum absolute atomic E-state index is 0.421. The van der Waals surface area contributed by atoms with Gasteiger partial charge in [0, 0.05) is 12.5 Å². The molecule has 2 aromatic rings. The molecule has 1 aliphatic rings. The lowest BCUT2D eigenvalue weighted by atomic mass is 10.5. The molecule has 1 fully saturated rings. The highest BCUT2D eigenvalue weighted by atomic mass is 32.2. The van der Waals surface area contributed by atoms with Gasteiger partial charge in [0.25, 0.3) is 0 Å². The fourth-order valence-corrected chi connectivity index (χ4v) is 2.73. The summed E-state index contributed by atoms with van der Waals surface area (Å²) in [5, 5.41) is 13.1. The molecule has 8 heteroatoms. The van der Waals surface area contributed by atoms with E-state index in [0.717, 1.165) is 23.2 Å². The predicted octanol–water partition coefficient (Wildman–Crippen LogP) is 1.31. The first-order valence-electron chi connectivity index (χ1n) is 6.40. The molecule has 1 saturated carbocycles. The Kier molecular flexibility index (Phi) is 3.52. The lowest BCUT2D eigenvalue weighted by Crippen LogP contribution is -2.08. The number of rotatable bonds is 6. The van der Waals surface area contributed by atoms with Crippen molar-refractivity contribution in [1.29, 1.82) is 0 Å². The molecule has 2 heterocycles. The molecule has 2 aromatic heterocycles. The van der Waals surface area contributed by atoms with Gasteiger partial charge in [0.1, 0.15) is 5.82 Å². The van der Waals surface area contributed by atoms with Crippen molar-refractivity contribution in [2.24, 2.45) is 5.73 Å². The van der Waals surface area contributed by atoms with Crippen LogP contribution in [0.15, 0.2) is 9.68 Å². The monoisotopic (exact) mass is 280 g/mol. The second kappa shape index (κ2) is 5.30. The van der Waals surface area contributed by atoms with Crippen molar-refractivity contribution in [1.82, 2.24) is 24.9 Å². The standard InChI is InChI=1S/C11H16N6OS/c1-2-8-13-10(18-16-8)6-19-11-15-14-9(5-12)17(11)7-3-4-7/h7H,2-6,12H2,1H3. The lowest BCUT2D eigenvalue weighted by Gasteiger charge is -2.05. The molecule has 0 amide bonds. The van der Waals surface area contributed by atoms with Crippen LogP contribution in [0, 0.1) is 0 Å². The van der Waals surface area contributed by atoms with Crippen LogP contribution >= 0.6 is 11.8 Å². The maximum atomic E-state index is 5.68. The largest absolute Gasteiger partial charge is 0.338 e. The van der Waals surface area contributed by atoms with Crippen LogP contribution in [0.3, 0.4) is 0 Å². The highest BCUT2D eigenvalue weighted by Crippen LogP contribution is 2.39. The molecule has 1 aliphatic carbocycles. The average Bonchev–Trinajstić information content (AvgIpc) is 3.03. The molecular weight excluding hydrogens is 264 g/mol. The SMILES string of the molecule is CCc1noc(CSc2nnc(CN)n2C2CC2)n1. The van der Waals surface area contributed by atoms with Gasteiger partial charge < -0.3 is 14.8 Å². The molecule has 19 heavy (non-hydrogen) atoms. The molecule has 102 valence electrons. The molecule has 0 radical (unpaired) electrons. The zero-order chi connectivity index (χ0) is 13.2. The number of aryl methyl sites for hydroxylation is 1. The van der Waals surface area contributed by atoms with Crippen LogP contribution in [0.1, 0.15) is 43.3 Å². The molecule has 3 rings (SSSR count). The quantitative estimate of drug-likeness (QED) is 0.797. The average molecular weight is 280 g/mol. The highest BCUT2D eigenvalue weighted by molar-refractivity contribution is 7.98. The Balaban J connectivity index is 1.71. The summed E-state index contributed by atoms with van der Waals surface area (Å²) in [5.41, 5.74) is 5.68. The van der Waals surface area contributed by atoms with Crippen molar-refractivity contribution in [2.45, 2.75) is 49.7 Å². The van der Waals surface area contributed by atoms with Gasteiger partial charge in [0.2, 0.25) is 5.89 Å². The summed E-state index contributed by atoms with van der Waals surface area (Å²) in [6.07, 6.45) is 3.14. The van der Waals surface area contributed by atoms with E-state index in [-0.39, 0.29) is 0 Å². The van der Waals surface area contributed by atoms with E-state index in [1.165, 1.54) is 12.8 Å². The third kappa shape index (κ3) is 2.64. The van der Waals surface area contributed by atoms with Crippen LogP contribution in [0.5, 0.6) is 0 Å². The number of thioether (sulfide) groups is 1. The van der Waals surface area contributed by atoms with Crippen molar-refractivity contribution in [3.05, 3.63) is 17.5 Å². The van der Waals surface area contributed by atoms with Crippen LogP contribution in [0.25, 0.3) is 0 Å². The van der Waals surface area contributed by atoms with Gasteiger partial charge in [0.15, 0.2) is 11.0 Å². The Hall–Kier alpha value is -1.41. The predicted molar refractivity (Wildman–Crippen MR) is 69.4 cm³/mol. The van der Waals surface area contributed by atoms with Crippen LogP contribution in [-0.2, 0) is 18.7 Å². The normalized spacial score (nSPS) is 15.1. The molecule has 0 aromatic carbocycles. The van der Waals surface area contributed by atoms with Crippen molar-refractivity contribution < 1.29 is 4.52 Å². The first-order chi connectivity index (χ1) is 9.31. The van der Waals surface area contributed by atoms with Crippen LogP contribution < -0.4 is 5.73 Å². The van der Waals surface area contributed by atoms with E-state index in [9.17, 15) is 0 Å². The first kappa shape index (κ1) is 12.6. The molecule has 0 aliphatic heterocycles. The Morgan fingerprint density at radius 1 is 1.42 bits per heavy atom. The van der Waals surface area contributed by atoms with Crippen LogP contribution in [-0.4, -0.2) is 24.9 Å². The van der Waals surface area contributed by atoms with Gasteiger partial charge in [0.05, 0.1) is 12.3 Å². The zero-order valence-electron chi connectivity index (χ0n) is 10.7. The van der Waals surface area contributed by atoms with E-state index in [1.807, 2.05) is 6.92 Å². The first-order valence-corrected chi connectivity index (χ1v) is 7.38. The third-order valence-electron chi connectivity index (χ3n) is 2.98. The van der Waals surface area contributed by atoms with Crippen molar-refractivity contribution >= 4 is 11.8 Å². The minimum atomic E-state index is 0.421. The van der Waals surface area contributed by atoms with Gasteiger partial charge in [-0.3, -0.25) is 0 Å². The maximum Gasteiger partial charge on any atom is 0.237 e. The summed E-state index contributed by atoms with van der Waals surface area (Å²) in [4.78, 5) is 4.28. The van der Waals surface area contributed by atoms with Crippen LogP contribution in [0.2, 0.25) is 0 Å². The number of hydrogen-bond donors (Lipinski definition) is 1. The fraction of sp³-hybridized carbons (Fsp3) is 0.636. The van der Waals surface area contributed by atoms with Gasteiger partial charge >= 0.3 is 0 Å². The molecule has 2 N–H and O–H groups in total. The van der Waals surface area contributed by atoms with E-state index in [0.29, 0.717) is 24.2 Å². The highest BCUT2D eigenvalue weighted by Gasteiger charge is 2.29. The molecule has 0 bridgehead atoms. The molecular formula is C11H16N6OS. The van der Waals surface area contributed by atoms with E-state index in [4.69, 9.17) is 10.3 Å². The molecule has 0 saturated heterocycles. The zero-order valence-corrected chi connectivity index (χ0v) is 11.6. The third-order valence-corrected chi connectivity index (χ3v) is 3.91. The van der Waals surface area contributed by atoms with E-state index < -0.39 is 0 Å². The second-order valence-electron chi connectivity index (χ2n) is 4.45. The summed E-state index contributed by atoms with van der Waals surface area (Å²) in [5.74, 6) is 2.83. The smallest absolute Gasteiger partial charge is 0.237 e. The van der Waals surface area contributed by atoms with Gasteiger partial charge in [-0.1, -0.05) is 23.8 Å². The van der Waals surface area contributed by atoms with E-state index in [2.05, 4.69) is 24.9 Å². The Morgan fingerprint density at radius 3 is 2.89 bits per heavy atom. The Bertz CT molecular complexity index is 561. The number of nitrogens with two attached hydrogens (primary N) is 1. The number of nitrogens with zero attached hydrogens (tertiary/aromatic N) is 5. The molecule has 7 nitrogen and oxygen atoms in total. The summed E-state index contributed by atoms with van der Waals surface area (Å²) in [6.45, 7) is 2.42.